The van der Waals surface area contributed by atoms with Crippen LogP contribution in [0.5, 0.6) is 0 Å². The smallest absolute Gasteiger partial charge is 0.171 e. The van der Waals surface area contributed by atoms with Crippen molar-refractivity contribution in [3.63, 3.8) is 0 Å². The van der Waals surface area contributed by atoms with Crippen LogP contribution in [0.2, 0.25) is 0 Å². The van der Waals surface area contributed by atoms with Crippen molar-refractivity contribution in [2.24, 2.45) is 0 Å². The second-order valence-corrected chi connectivity index (χ2v) is 7.18. The molecule has 1 aromatic heterocycles. The number of benzene rings is 2. The monoisotopic (exact) mass is 248 g/mol. The fraction of sp³-hybridized carbons (Fsp3) is 0. The van der Waals surface area contributed by atoms with Crippen molar-refractivity contribution in [1.82, 2.24) is 0 Å². The predicted molar refractivity (Wildman–Crippen MR) is 78.1 cm³/mol. The maximum absolute atomic E-state index is 6.02. The molecule has 0 saturated carbocycles. The van der Waals surface area contributed by atoms with E-state index in [4.69, 9.17) is 4.42 Å². The summed E-state index contributed by atoms with van der Waals surface area (Å²) in [4.78, 5) is 0. The first-order valence-electron chi connectivity index (χ1n) is 6.17. The summed E-state index contributed by atoms with van der Waals surface area (Å²) in [6, 6.07) is 19.1. The average Bonchev–Trinajstić information content (AvgIpc) is 3.02. The van der Waals surface area contributed by atoms with Crippen LogP contribution in [0.4, 0.5) is 0 Å². The summed E-state index contributed by atoms with van der Waals surface area (Å²) < 4.78 is 6.02. The van der Waals surface area contributed by atoms with Gasteiger partial charge in [-0.2, -0.15) is 0 Å². The Kier molecular flexibility index (Phi) is 2.05. The lowest BCUT2D eigenvalue weighted by Crippen LogP contribution is -2.38. The van der Waals surface area contributed by atoms with E-state index in [2.05, 4.69) is 54.2 Å². The fourth-order valence-electron chi connectivity index (χ4n) is 2.65. The highest BCUT2D eigenvalue weighted by Gasteiger charge is 2.23. The average molecular weight is 248 g/mol. The Morgan fingerprint density at radius 1 is 0.889 bits per heavy atom. The minimum Gasteiger partial charge on any atom is -0.466 e. The van der Waals surface area contributed by atoms with Crippen molar-refractivity contribution in [3.8, 4) is 0 Å². The Morgan fingerprint density at radius 2 is 1.72 bits per heavy atom. The Morgan fingerprint density at radius 3 is 2.67 bits per heavy atom. The first kappa shape index (κ1) is 9.92. The number of rotatable bonds is 1. The van der Waals surface area contributed by atoms with E-state index in [1.54, 1.807) is 0 Å². The maximum atomic E-state index is 6.02. The lowest BCUT2D eigenvalue weighted by atomic mass is 10.2. The van der Waals surface area contributed by atoms with Gasteiger partial charge < -0.3 is 4.42 Å². The Labute approximate surface area is 107 Å². The Hall–Kier alpha value is -2.06. The topological polar surface area (TPSA) is 13.1 Å². The van der Waals surface area contributed by atoms with Crippen LogP contribution >= 0.6 is 0 Å². The van der Waals surface area contributed by atoms with E-state index < -0.39 is 8.80 Å². The molecule has 4 rings (SSSR count). The standard InChI is InChI=1S/C16H12OSi/c1-3-7-14-13(6-1)11-16(17-14)18-10-9-12-5-2-4-8-15(12)18/h1-11,18H. The van der Waals surface area contributed by atoms with Crippen LogP contribution in [-0.2, 0) is 0 Å². The summed E-state index contributed by atoms with van der Waals surface area (Å²) in [5, 5.41) is 3.84. The quantitative estimate of drug-likeness (QED) is 0.602. The zero-order chi connectivity index (χ0) is 11.9. The van der Waals surface area contributed by atoms with Crippen LogP contribution in [0.3, 0.4) is 0 Å². The Bertz CT molecular complexity index is 721. The fourth-order valence-corrected chi connectivity index (χ4v) is 5.24. The van der Waals surface area contributed by atoms with E-state index in [0.717, 1.165) is 11.0 Å². The van der Waals surface area contributed by atoms with Crippen molar-refractivity contribution in [1.29, 1.82) is 0 Å². The molecule has 0 fully saturated rings. The molecule has 2 heteroatoms. The van der Waals surface area contributed by atoms with Gasteiger partial charge in [-0.25, -0.2) is 0 Å². The van der Waals surface area contributed by atoms with Gasteiger partial charge in [0.25, 0.3) is 0 Å². The first-order chi connectivity index (χ1) is 8.92. The molecule has 0 spiro atoms. The highest BCUT2D eigenvalue weighted by molar-refractivity contribution is 6.90. The second-order valence-electron chi connectivity index (χ2n) is 4.65. The summed E-state index contributed by atoms with van der Waals surface area (Å²) in [6.07, 6.45) is 2.24. The maximum Gasteiger partial charge on any atom is 0.171 e. The second kappa shape index (κ2) is 3.72. The van der Waals surface area contributed by atoms with Gasteiger partial charge in [-0.05, 0) is 22.9 Å². The molecule has 1 atom stereocenters. The van der Waals surface area contributed by atoms with Gasteiger partial charge in [0.15, 0.2) is 8.80 Å². The molecular weight excluding hydrogens is 236 g/mol. The molecule has 2 heterocycles. The lowest BCUT2D eigenvalue weighted by Gasteiger charge is -2.05. The molecule has 18 heavy (non-hydrogen) atoms. The molecule has 1 aliphatic rings. The Balaban J connectivity index is 1.87. The first-order valence-corrected chi connectivity index (χ1v) is 7.99. The van der Waals surface area contributed by atoms with Crippen molar-refractivity contribution >= 4 is 36.4 Å². The third kappa shape index (κ3) is 1.39. The number of para-hydroxylation sites is 1. The van der Waals surface area contributed by atoms with E-state index in [1.807, 2.05) is 12.1 Å². The molecule has 0 saturated heterocycles. The van der Waals surface area contributed by atoms with Gasteiger partial charge in [0.05, 0.1) is 5.38 Å². The molecule has 3 aromatic rings. The highest BCUT2D eigenvalue weighted by Crippen LogP contribution is 2.16. The third-order valence-corrected chi connectivity index (χ3v) is 6.22. The van der Waals surface area contributed by atoms with Crippen LogP contribution in [0, 0.1) is 0 Å². The lowest BCUT2D eigenvalue weighted by molar-refractivity contribution is 0.651. The van der Waals surface area contributed by atoms with E-state index >= 15 is 0 Å². The van der Waals surface area contributed by atoms with E-state index in [1.165, 1.54) is 16.1 Å². The van der Waals surface area contributed by atoms with Gasteiger partial charge in [0.2, 0.25) is 0 Å². The number of hydrogen-bond donors (Lipinski definition) is 0. The SMILES string of the molecule is C1=C[SiH](c2cc3ccccc3o2)c2ccccc21. The van der Waals surface area contributed by atoms with Crippen LogP contribution in [0.25, 0.3) is 17.0 Å². The zero-order valence-corrected chi connectivity index (χ0v) is 11.0. The van der Waals surface area contributed by atoms with Crippen LogP contribution in [0.1, 0.15) is 5.56 Å². The van der Waals surface area contributed by atoms with E-state index in [-0.39, 0.29) is 0 Å². The van der Waals surface area contributed by atoms with Gasteiger partial charge in [0.1, 0.15) is 5.58 Å². The third-order valence-electron chi connectivity index (χ3n) is 3.55. The summed E-state index contributed by atoms with van der Waals surface area (Å²) in [5.74, 6) is 0. The van der Waals surface area contributed by atoms with Crippen LogP contribution in [0.15, 0.2) is 64.7 Å². The van der Waals surface area contributed by atoms with Crippen molar-refractivity contribution in [2.75, 3.05) is 0 Å². The number of fused-ring (bicyclic) bond motifs is 2. The number of furan rings is 1. The summed E-state index contributed by atoms with van der Waals surface area (Å²) >= 11 is 0. The molecule has 2 aromatic carbocycles. The van der Waals surface area contributed by atoms with Gasteiger partial charge in [-0.15, -0.1) is 0 Å². The summed E-state index contributed by atoms with van der Waals surface area (Å²) in [6.45, 7) is 0. The van der Waals surface area contributed by atoms with E-state index in [9.17, 15) is 0 Å². The number of hydrogen-bond acceptors (Lipinski definition) is 1. The van der Waals surface area contributed by atoms with Crippen LogP contribution in [-0.4, -0.2) is 8.80 Å². The molecule has 0 radical (unpaired) electrons. The van der Waals surface area contributed by atoms with Crippen molar-refractivity contribution in [2.45, 2.75) is 0 Å². The van der Waals surface area contributed by atoms with E-state index in [0.29, 0.717) is 0 Å². The molecule has 0 amide bonds. The molecule has 0 N–H and O–H groups in total. The molecule has 1 unspecified atom stereocenters. The summed E-state index contributed by atoms with van der Waals surface area (Å²) in [5.41, 5.74) is 4.70. The molecule has 1 nitrogen and oxygen atoms in total. The molecule has 0 aliphatic carbocycles. The molecule has 86 valence electrons. The summed E-state index contributed by atoms with van der Waals surface area (Å²) in [7, 11) is -1.26. The highest BCUT2D eigenvalue weighted by atomic mass is 28.3. The van der Waals surface area contributed by atoms with Crippen molar-refractivity contribution in [3.05, 3.63) is 65.9 Å². The van der Waals surface area contributed by atoms with Gasteiger partial charge in [-0.1, -0.05) is 54.2 Å². The molecule has 1 aliphatic heterocycles. The molecular formula is C16H12OSi. The van der Waals surface area contributed by atoms with Crippen molar-refractivity contribution < 1.29 is 4.42 Å². The van der Waals surface area contributed by atoms with Gasteiger partial charge in [-0.3, -0.25) is 0 Å². The van der Waals surface area contributed by atoms with Crippen LogP contribution < -0.4 is 10.6 Å². The van der Waals surface area contributed by atoms with Gasteiger partial charge in [0, 0.05) is 5.39 Å². The largest absolute Gasteiger partial charge is 0.466 e. The minimum absolute atomic E-state index is 0.998. The zero-order valence-electron chi connectivity index (χ0n) is 9.84. The predicted octanol–water partition coefficient (Wildman–Crippen LogP) is 2.34. The minimum atomic E-state index is -1.26. The molecule has 0 bridgehead atoms. The normalized spacial score (nSPS) is 17.2. The van der Waals surface area contributed by atoms with Gasteiger partial charge >= 0.3 is 0 Å².